The smallest absolute Gasteiger partial charge is 0.399 e. The van der Waals surface area contributed by atoms with Crippen LogP contribution in [0.15, 0.2) is 12.4 Å². The van der Waals surface area contributed by atoms with Gasteiger partial charge in [-0.1, -0.05) is 0 Å². The third kappa shape index (κ3) is 2.92. The van der Waals surface area contributed by atoms with E-state index >= 15 is 0 Å². The third-order valence-corrected chi connectivity index (χ3v) is 3.59. The topological polar surface area (TPSA) is 44.2 Å². The fraction of sp³-hybridized carbons (Fsp3) is 0.667. The monoisotopic (exact) mass is 270 g/mol. The molecule has 1 saturated heterocycles. The fourth-order valence-electron chi connectivity index (χ4n) is 1.71. The van der Waals surface area contributed by atoms with Crippen LogP contribution in [0.25, 0.3) is 0 Å². The molecule has 0 spiro atoms. The molecule has 19 heavy (non-hydrogen) atoms. The Hall–Kier alpha value is -1.08. The highest BCUT2D eigenvalue weighted by Crippen LogP contribution is 2.36. The van der Waals surface area contributed by atoms with Crippen molar-refractivity contribution in [3.05, 3.63) is 18.2 Å². The Balaban J connectivity index is 2.12. The highest BCUT2D eigenvalue weighted by Gasteiger charge is 2.51. The first kappa shape index (κ1) is 14.3. The second-order valence-corrected chi connectivity index (χ2v) is 5.62. The molecule has 1 aromatic rings. The molecule has 0 saturated carbocycles. The van der Waals surface area contributed by atoms with Crippen molar-refractivity contribution in [3.63, 3.8) is 0 Å². The van der Waals surface area contributed by atoms with Crippen molar-refractivity contribution in [1.82, 2.24) is 9.97 Å². The maximum atomic E-state index is 12.2. The molecule has 0 radical (unpaired) electrons. The Morgan fingerprint density at radius 1 is 1.11 bits per heavy atom. The Bertz CT molecular complexity index is 436. The van der Waals surface area contributed by atoms with Crippen LogP contribution in [-0.2, 0) is 15.7 Å². The van der Waals surface area contributed by atoms with Crippen molar-refractivity contribution < 1.29 is 18.1 Å². The molecule has 2 heterocycles. The summed E-state index contributed by atoms with van der Waals surface area (Å²) in [6.07, 6.45) is 0.0753. The maximum Gasteiger partial charge on any atom is 0.498 e. The van der Waals surface area contributed by atoms with E-state index in [4.69, 9.17) is 9.31 Å². The maximum absolute atomic E-state index is 12.2. The Labute approximate surface area is 111 Å². The number of alkyl halides is 2. The number of hydrogen-bond acceptors (Lipinski definition) is 4. The average Bonchev–Trinajstić information content (AvgIpc) is 2.48. The van der Waals surface area contributed by atoms with E-state index in [9.17, 15) is 8.78 Å². The zero-order valence-corrected chi connectivity index (χ0v) is 11.5. The number of rotatable bonds is 3. The standard InChI is InChI=1S/C12H17BF2N2O2/c1-11(2)12(3,4)19-13(18-11)8-6-16-10(17-7-8)5-9(14)15/h6-7,9H,5H2,1-4H3. The number of hydrogen-bond donors (Lipinski definition) is 0. The Morgan fingerprint density at radius 3 is 2.00 bits per heavy atom. The largest absolute Gasteiger partial charge is 0.498 e. The molecular formula is C12H17BF2N2O2. The van der Waals surface area contributed by atoms with E-state index in [1.807, 2.05) is 27.7 Å². The lowest BCUT2D eigenvalue weighted by Crippen LogP contribution is -2.41. The number of halogens is 2. The van der Waals surface area contributed by atoms with Gasteiger partial charge in [0.25, 0.3) is 0 Å². The van der Waals surface area contributed by atoms with E-state index in [1.54, 1.807) is 0 Å². The van der Waals surface area contributed by atoms with Gasteiger partial charge in [-0.2, -0.15) is 0 Å². The quantitative estimate of drug-likeness (QED) is 0.782. The molecule has 1 aliphatic rings. The summed E-state index contributed by atoms with van der Waals surface area (Å²) in [5.74, 6) is 0.121. The van der Waals surface area contributed by atoms with Crippen molar-refractivity contribution in [2.75, 3.05) is 0 Å². The highest BCUT2D eigenvalue weighted by atomic mass is 19.3. The van der Waals surface area contributed by atoms with Gasteiger partial charge >= 0.3 is 7.12 Å². The molecule has 0 aliphatic carbocycles. The molecule has 0 atom stereocenters. The molecular weight excluding hydrogens is 253 g/mol. The van der Waals surface area contributed by atoms with Crippen LogP contribution >= 0.6 is 0 Å². The molecule has 0 amide bonds. The van der Waals surface area contributed by atoms with E-state index in [2.05, 4.69) is 9.97 Å². The normalized spacial score (nSPS) is 21.1. The van der Waals surface area contributed by atoms with Crippen molar-refractivity contribution >= 4 is 12.6 Å². The third-order valence-electron chi connectivity index (χ3n) is 3.59. The van der Waals surface area contributed by atoms with Gasteiger partial charge in [0.2, 0.25) is 6.43 Å². The lowest BCUT2D eigenvalue weighted by atomic mass is 9.81. The van der Waals surface area contributed by atoms with Gasteiger partial charge in [-0.15, -0.1) is 0 Å². The summed E-state index contributed by atoms with van der Waals surface area (Å²) in [4.78, 5) is 7.82. The lowest BCUT2D eigenvalue weighted by molar-refractivity contribution is 0.00578. The molecule has 2 rings (SSSR count). The van der Waals surface area contributed by atoms with Crippen molar-refractivity contribution in [3.8, 4) is 0 Å². The van der Waals surface area contributed by atoms with Gasteiger partial charge in [-0.3, -0.25) is 0 Å². The van der Waals surface area contributed by atoms with Crippen LogP contribution in [0.1, 0.15) is 33.5 Å². The van der Waals surface area contributed by atoms with E-state index in [-0.39, 0.29) is 5.82 Å². The minimum Gasteiger partial charge on any atom is -0.399 e. The van der Waals surface area contributed by atoms with Crippen molar-refractivity contribution in [1.29, 1.82) is 0 Å². The van der Waals surface area contributed by atoms with E-state index in [0.29, 0.717) is 5.46 Å². The van der Waals surface area contributed by atoms with E-state index in [0.717, 1.165) is 0 Å². The molecule has 1 aliphatic heterocycles. The van der Waals surface area contributed by atoms with Crippen LogP contribution < -0.4 is 5.46 Å². The molecule has 0 N–H and O–H groups in total. The first-order valence-electron chi connectivity index (χ1n) is 6.16. The Kier molecular flexibility index (Phi) is 3.62. The van der Waals surface area contributed by atoms with Gasteiger partial charge in [0.05, 0.1) is 17.6 Å². The van der Waals surface area contributed by atoms with Gasteiger partial charge in [-0.25, -0.2) is 18.7 Å². The summed E-state index contributed by atoms with van der Waals surface area (Å²) >= 11 is 0. The molecule has 1 fully saturated rings. The lowest BCUT2D eigenvalue weighted by Gasteiger charge is -2.32. The molecule has 0 unspecified atom stereocenters. The summed E-state index contributed by atoms with van der Waals surface area (Å²) in [6, 6.07) is 0. The molecule has 0 bridgehead atoms. The van der Waals surface area contributed by atoms with Crippen LogP contribution in [0.3, 0.4) is 0 Å². The summed E-state index contributed by atoms with van der Waals surface area (Å²) in [7, 11) is -0.564. The summed E-state index contributed by atoms with van der Waals surface area (Å²) in [5.41, 5.74) is -0.254. The minimum absolute atomic E-state index is 0.121. The first-order chi connectivity index (χ1) is 8.71. The van der Waals surface area contributed by atoms with Crippen molar-refractivity contribution in [2.24, 2.45) is 0 Å². The summed E-state index contributed by atoms with van der Waals surface area (Å²) < 4.78 is 36.0. The molecule has 4 nitrogen and oxygen atoms in total. The predicted octanol–water partition coefficient (Wildman–Crippen LogP) is 1.58. The van der Waals surface area contributed by atoms with Gasteiger partial charge in [0.15, 0.2) is 0 Å². The van der Waals surface area contributed by atoms with Gasteiger partial charge in [-0.05, 0) is 27.7 Å². The summed E-state index contributed by atoms with van der Waals surface area (Å²) in [6.45, 7) is 7.77. The summed E-state index contributed by atoms with van der Waals surface area (Å²) in [5, 5.41) is 0. The van der Waals surface area contributed by atoms with Gasteiger partial charge in [0.1, 0.15) is 5.82 Å². The number of nitrogens with zero attached hydrogens (tertiary/aromatic N) is 2. The average molecular weight is 270 g/mol. The SMILES string of the molecule is CC1(C)OB(c2cnc(CC(F)F)nc2)OC1(C)C. The van der Waals surface area contributed by atoms with Crippen LogP contribution in [-0.4, -0.2) is 34.7 Å². The minimum atomic E-state index is -2.44. The highest BCUT2D eigenvalue weighted by molar-refractivity contribution is 6.61. The molecule has 7 heteroatoms. The zero-order valence-electron chi connectivity index (χ0n) is 11.5. The van der Waals surface area contributed by atoms with Gasteiger partial charge in [0, 0.05) is 17.9 Å². The molecule has 104 valence electrons. The van der Waals surface area contributed by atoms with Gasteiger partial charge < -0.3 is 9.31 Å². The Morgan fingerprint density at radius 2 is 1.58 bits per heavy atom. The van der Waals surface area contributed by atoms with Crippen LogP contribution in [0, 0.1) is 0 Å². The second-order valence-electron chi connectivity index (χ2n) is 5.62. The van der Waals surface area contributed by atoms with E-state index < -0.39 is 31.2 Å². The first-order valence-corrected chi connectivity index (χ1v) is 6.16. The van der Waals surface area contributed by atoms with Crippen LogP contribution in [0.5, 0.6) is 0 Å². The predicted molar refractivity (Wildman–Crippen MR) is 67.5 cm³/mol. The zero-order chi connectivity index (χ0) is 14.3. The second kappa shape index (κ2) is 4.79. The van der Waals surface area contributed by atoms with Crippen molar-refractivity contribution in [2.45, 2.75) is 51.7 Å². The molecule has 1 aromatic heterocycles. The fourth-order valence-corrected chi connectivity index (χ4v) is 1.71. The molecule has 0 aromatic carbocycles. The number of aromatic nitrogens is 2. The van der Waals surface area contributed by atoms with Crippen LogP contribution in [0.2, 0.25) is 0 Å². The van der Waals surface area contributed by atoms with Crippen LogP contribution in [0.4, 0.5) is 8.78 Å². The van der Waals surface area contributed by atoms with E-state index in [1.165, 1.54) is 12.4 Å².